The monoisotopic (exact) mass is 919 g/mol. The molecule has 66 heavy (non-hydrogen) atoms. The number of ether oxygens (including phenoxy) is 6. The molecule has 4 heterocycles. The number of aromatic amines is 1. The van der Waals surface area contributed by atoms with Crippen LogP contribution in [0.3, 0.4) is 0 Å². The maximum atomic E-state index is 14.6. The summed E-state index contributed by atoms with van der Waals surface area (Å²) in [7, 11) is 4.74. The number of rotatable bonds is 9. The molecule has 1 saturated carbocycles. The molecule has 2 aromatic rings. The first-order valence-electron chi connectivity index (χ1n) is 24.0. The zero-order valence-corrected chi connectivity index (χ0v) is 40.2. The van der Waals surface area contributed by atoms with Crippen molar-refractivity contribution in [2.45, 2.75) is 160 Å². The molecule has 0 radical (unpaired) electrons. The summed E-state index contributed by atoms with van der Waals surface area (Å²) in [5, 5.41) is 25.1. The van der Waals surface area contributed by atoms with Crippen LogP contribution in [0.25, 0.3) is 10.9 Å². The Morgan fingerprint density at radius 2 is 1.67 bits per heavy atom. The highest BCUT2D eigenvalue weighted by Gasteiger charge is 2.56. The summed E-state index contributed by atoms with van der Waals surface area (Å²) in [5.74, 6) is -6.98. The number of cyclic esters (lactones) is 1. The Labute approximate surface area is 390 Å². The molecule has 0 spiro atoms. The predicted molar refractivity (Wildman–Crippen MR) is 249 cm³/mol. The van der Waals surface area contributed by atoms with Crippen molar-refractivity contribution in [3.05, 3.63) is 66.4 Å². The summed E-state index contributed by atoms with van der Waals surface area (Å²) < 4.78 is 36.9. The van der Waals surface area contributed by atoms with Crippen molar-refractivity contribution in [1.29, 1.82) is 0 Å². The number of nitrogens with one attached hydrogen (secondary N) is 1. The Morgan fingerprint density at radius 3 is 2.38 bits per heavy atom. The van der Waals surface area contributed by atoms with Crippen LogP contribution in [0.2, 0.25) is 0 Å². The Balaban J connectivity index is 1.31. The number of piperidine rings is 1. The minimum Gasteiger partial charge on any atom is -0.488 e. The maximum Gasteiger partial charge on any atom is 0.329 e. The molecule has 1 aromatic heterocycles. The van der Waals surface area contributed by atoms with Gasteiger partial charge in [0.05, 0.1) is 24.4 Å². The number of ketones is 2. The molecule has 2 bridgehead atoms. The van der Waals surface area contributed by atoms with Gasteiger partial charge in [-0.1, -0.05) is 44.6 Å². The minimum absolute atomic E-state index is 0.00525. The number of benzene rings is 1. The van der Waals surface area contributed by atoms with Crippen molar-refractivity contribution in [1.82, 2.24) is 9.88 Å². The average molecular weight is 919 g/mol. The van der Waals surface area contributed by atoms with Crippen molar-refractivity contribution in [3.8, 4) is 5.75 Å². The van der Waals surface area contributed by atoms with Crippen LogP contribution >= 0.6 is 0 Å². The lowest BCUT2D eigenvalue weighted by molar-refractivity contribution is -0.302. The summed E-state index contributed by atoms with van der Waals surface area (Å²) in [6, 6.07) is 6.80. The van der Waals surface area contributed by atoms with E-state index in [2.05, 4.69) is 17.6 Å². The molecular formula is C52H74N2O12. The van der Waals surface area contributed by atoms with Gasteiger partial charge in [-0.2, -0.15) is 0 Å². The second-order valence-electron chi connectivity index (χ2n) is 19.6. The van der Waals surface area contributed by atoms with Crippen LogP contribution in [0, 0.1) is 29.6 Å². The van der Waals surface area contributed by atoms with Crippen LogP contribution in [-0.2, 0) is 42.9 Å². The molecule has 6 rings (SSSR count). The van der Waals surface area contributed by atoms with E-state index in [-0.39, 0.29) is 55.6 Å². The molecule has 14 unspecified atom stereocenters. The molecule has 14 nitrogen and oxygen atoms in total. The topological polar surface area (TPSA) is 183 Å². The van der Waals surface area contributed by atoms with E-state index in [9.17, 15) is 29.4 Å². The number of amides is 1. The molecule has 364 valence electrons. The standard InChI is InChI=1S/C52H74N2O12/c1-10-13-37-23-30(2)22-31(3)24-45(62-8)48-46(63-9)26-33(5)52(60,66-48)49(57)50(58)54-21-12-11-14-40(54)51(59)65-47(34(6)41(55)29-42(37)56)32(4)25-35-15-18-43(44(27-35)61-7)64-38-16-17-39-36(28-38)19-20-53-39/h10,16-17,19-20,23,25,28,31,33-35,37,40-41,43-48,53,55,60H,1,11-15,18,21-22,24,26-27,29H2,2-9H3/b30-23+,32-25?. The second kappa shape index (κ2) is 22.7. The molecule has 3 aliphatic heterocycles. The van der Waals surface area contributed by atoms with Crippen LogP contribution in [0.5, 0.6) is 5.75 Å². The molecule has 1 aliphatic carbocycles. The van der Waals surface area contributed by atoms with E-state index in [1.54, 1.807) is 27.0 Å². The van der Waals surface area contributed by atoms with E-state index in [1.807, 2.05) is 57.3 Å². The molecule has 14 heteroatoms. The van der Waals surface area contributed by atoms with E-state index in [0.717, 1.165) is 28.6 Å². The lowest BCUT2D eigenvalue weighted by atomic mass is 9.81. The van der Waals surface area contributed by atoms with Gasteiger partial charge in [-0.25, -0.2) is 4.79 Å². The van der Waals surface area contributed by atoms with Gasteiger partial charge < -0.3 is 48.5 Å². The number of carbonyl (C=O) groups is 4. The highest BCUT2D eigenvalue weighted by atomic mass is 16.7. The van der Waals surface area contributed by atoms with Crippen molar-refractivity contribution in [3.63, 3.8) is 0 Å². The number of hydrogen-bond acceptors (Lipinski definition) is 12. The summed E-state index contributed by atoms with van der Waals surface area (Å²) >= 11 is 0. The Kier molecular flexibility index (Phi) is 17.7. The zero-order chi connectivity index (χ0) is 47.9. The number of aliphatic hydroxyl groups is 2. The maximum absolute atomic E-state index is 14.6. The van der Waals surface area contributed by atoms with Gasteiger partial charge in [0, 0.05) is 69.1 Å². The minimum atomic E-state index is -2.52. The van der Waals surface area contributed by atoms with E-state index in [1.165, 1.54) is 19.1 Å². The number of allylic oxidation sites excluding steroid dienone is 4. The number of fused-ring (bicyclic) bond motifs is 4. The normalized spacial score (nSPS) is 37.0. The third-order valence-electron chi connectivity index (χ3n) is 14.7. The van der Waals surface area contributed by atoms with Gasteiger partial charge in [0.15, 0.2) is 0 Å². The summed E-state index contributed by atoms with van der Waals surface area (Å²) in [4.78, 5) is 61.8. The molecule has 1 amide bonds. The first-order valence-corrected chi connectivity index (χ1v) is 24.0. The SMILES string of the molecule is C=CCC1/C=C(\C)CC(C)CC(OC)C2OC(O)(C(=O)C(=O)N3CCCCC3C(=O)OC(C(C)=CC3CCC(Oc4ccc5[nH]ccc5c4)C(OC)C3)C(C)C(O)CC1=O)C(C)CC2OC. The summed E-state index contributed by atoms with van der Waals surface area (Å²) in [5.41, 5.74) is 2.67. The van der Waals surface area contributed by atoms with E-state index >= 15 is 0 Å². The molecule has 14 atom stereocenters. The largest absolute Gasteiger partial charge is 0.488 e. The highest BCUT2D eigenvalue weighted by Crippen LogP contribution is 2.40. The molecule has 3 fully saturated rings. The zero-order valence-electron chi connectivity index (χ0n) is 40.2. The van der Waals surface area contributed by atoms with Gasteiger partial charge in [-0.05, 0) is 120 Å². The molecule has 2 saturated heterocycles. The third kappa shape index (κ3) is 11.7. The number of nitrogens with zero attached hydrogens (tertiary/aromatic N) is 1. The molecule has 4 aliphatic rings. The first kappa shape index (κ1) is 51.2. The van der Waals surface area contributed by atoms with Crippen LogP contribution < -0.4 is 4.74 Å². The number of hydrogen-bond donors (Lipinski definition) is 3. The fraction of sp³-hybridized carbons (Fsp3) is 0.654. The number of Topliss-reactive ketones (excluding diaryl/α,β-unsaturated/α-hetero) is 2. The number of aliphatic hydroxyl groups excluding tert-OH is 1. The van der Waals surface area contributed by atoms with Gasteiger partial charge in [0.1, 0.15) is 35.9 Å². The van der Waals surface area contributed by atoms with Crippen LogP contribution in [0.4, 0.5) is 0 Å². The van der Waals surface area contributed by atoms with Crippen LogP contribution in [0.1, 0.15) is 105 Å². The summed E-state index contributed by atoms with van der Waals surface area (Å²) in [6.45, 7) is 13.3. The number of aromatic nitrogens is 1. The Hall–Kier alpha value is -4.18. The third-order valence-corrected chi connectivity index (χ3v) is 14.7. The van der Waals surface area contributed by atoms with Gasteiger partial charge in [-0.3, -0.25) is 14.4 Å². The van der Waals surface area contributed by atoms with E-state index < -0.39 is 77.8 Å². The quantitative estimate of drug-likeness (QED) is 0.131. The number of carbonyl (C=O) groups excluding carboxylic acids is 4. The number of esters is 1. The van der Waals surface area contributed by atoms with Gasteiger partial charge >= 0.3 is 5.97 Å². The number of H-pyrrole nitrogens is 1. The van der Waals surface area contributed by atoms with Crippen LogP contribution in [0.15, 0.2) is 66.4 Å². The smallest absolute Gasteiger partial charge is 0.329 e. The second-order valence-corrected chi connectivity index (χ2v) is 19.6. The first-order chi connectivity index (χ1) is 31.5. The Morgan fingerprint density at radius 1 is 0.939 bits per heavy atom. The van der Waals surface area contributed by atoms with Gasteiger partial charge in [0.2, 0.25) is 5.79 Å². The fourth-order valence-corrected chi connectivity index (χ4v) is 10.8. The molecular weight excluding hydrogens is 845 g/mol. The fourth-order valence-electron chi connectivity index (χ4n) is 10.8. The average Bonchev–Trinajstić information content (AvgIpc) is 3.78. The Bertz CT molecular complexity index is 2080. The lowest BCUT2D eigenvalue weighted by Gasteiger charge is -2.47. The van der Waals surface area contributed by atoms with Crippen molar-refractivity contribution >= 4 is 34.3 Å². The lowest BCUT2D eigenvalue weighted by Crippen LogP contribution is -2.64. The van der Waals surface area contributed by atoms with E-state index in [4.69, 9.17) is 28.4 Å². The van der Waals surface area contributed by atoms with E-state index in [0.29, 0.717) is 50.5 Å². The number of methoxy groups -OCH3 is 3. The van der Waals surface area contributed by atoms with Crippen molar-refractivity contribution in [2.24, 2.45) is 29.6 Å². The highest BCUT2D eigenvalue weighted by molar-refractivity contribution is 6.39. The predicted octanol–water partition coefficient (Wildman–Crippen LogP) is 7.21. The van der Waals surface area contributed by atoms with Gasteiger partial charge in [0.25, 0.3) is 11.7 Å². The van der Waals surface area contributed by atoms with Crippen LogP contribution in [-0.4, -0.2) is 126 Å². The summed E-state index contributed by atoms with van der Waals surface area (Å²) in [6.07, 6.45) is 7.76. The van der Waals surface area contributed by atoms with Crippen molar-refractivity contribution in [2.75, 3.05) is 27.9 Å². The molecule has 1 aromatic carbocycles. The van der Waals surface area contributed by atoms with Crippen molar-refractivity contribution < 1.29 is 57.8 Å². The molecule has 3 N–H and O–H groups in total. The van der Waals surface area contributed by atoms with Gasteiger partial charge in [-0.15, -0.1) is 6.58 Å².